The second-order valence-electron chi connectivity index (χ2n) is 3.83. The number of carboxylic acid groups (broad SMARTS) is 1. The lowest BCUT2D eigenvalue weighted by Crippen LogP contribution is -2.23. The van der Waals surface area contributed by atoms with E-state index in [9.17, 15) is 4.79 Å². The Labute approximate surface area is 88.3 Å². The summed E-state index contributed by atoms with van der Waals surface area (Å²) < 4.78 is 1.58. The number of carbonyl (C=O) groups is 1. The maximum atomic E-state index is 10.7. The van der Waals surface area contributed by atoms with Gasteiger partial charge < -0.3 is 15.7 Å². The Balaban J connectivity index is 2.87. The summed E-state index contributed by atoms with van der Waals surface area (Å²) in [6, 6.07) is 0.0930. The zero-order valence-corrected chi connectivity index (χ0v) is 9.14. The Bertz CT molecular complexity index is 359. The van der Waals surface area contributed by atoms with Gasteiger partial charge in [-0.1, -0.05) is 0 Å². The van der Waals surface area contributed by atoms with Crippen molar-refractivity contribution in [2.45, 2.75) is 13.0 Å². The number of hydrogen-bond acceptors (Lipinski definition) is 4. The molecule has 0 spiro atoms. The number of nitrogens with two attached hydrogens (primary N) is 1. The van der Waals surface area contributed by atoms with Crippen LogP contribution in [0.1, 0.15) is 23.5 Å². The van der Waals surface area contributed by atoms with E-state index in [2.05, 4.69) is 5.10 Å². The molecule has 0 amide bonds. The molecule has 0 radical (unpaired) electrons. The van der Waals surface area contributed by atoms with Crippen LogP contribution in [0.3, 0.4) is 0 Å². The summed E-state index contributed by atoms with van der Waals surface area (Å²) >= 11 is 0. The van der Waals surface area contributed by atoms with Crippen molar-refractivity contribution in [2.24, 2.45) is 0 Å². The van der Waals surface area contributed by atoms with Gasteiger partial charge in [0.1, 0.15) is 0 Å². The molecule has 6 nitrogen and oxygen atoms in total. The molecular formula is C9H16N4O2. The average Bonchev–Trinajstić information content (AvgIpc) is 2.46. The first-order valence-electron chi connectivity index (χ1n) is 4.64. The van der Waals surface area contributed by atoms with Crippen molar-refractivity contribution in [1.82, 2.24) is 14.7 Å². The Morgan fingerprint density at radius 3 is 2.73 bits per heavy atom. The molecule has 0 fully saturated rings. The number of anilines is 1. The average molecular weight is 212 g/mol. The van der Waals surface area contributed by atoms with Gasteiger partial charge in [0.2, 0.25) is 0 Å². The predicted molar refractivity (Wildman–Crippen MR) is 56.9 cm³/mol. The molecule has 0 saturated heterocycles. The molecule has 0 bridgehead atoms. The van der Waals surface area contributed by atoms with Crippen molar-refractivity contribution in [2.75, 3.05) is 26.4 Å². The van der Waals surface area contributed by atoms with Crippen molar-refractivity contribution < 1.29 is 9.90 Å². The van der Waals surface area contributed by atoms with Crippen LogP contribution in [0.25, 0.3) is 0 Å². The van der Waals surface area contributed by atoms with Crippen LogP contribution in [0.2, 0.25) is 0 Å². The van der Waals surface area contributed by atoms with Gasteiger partial charge in [0.25, 0.3) is 0 Å². The molecular weight excluding hydrogens is 196 g/mol. The van der Waals surface area contributed by atoms with Gasteiger partial charge in [0.05, 0.1) is 11.7 Å². The molecule has 1 atom stereocenters. The molecule has 6 heteroatoms. The van der Waals surface area contributed by atoms with Crippen LogP contribution in [-0.2, 0) is 0 Å². The largest absolute Gasteiger partial charge is 0.476 e. The minimum atomic E-state index is -1.09. The second kappa shape index (κ2) is 4.31. The highest BCUT2D eigenvalue weighted by Crippen LogP contribution is 2.13. The molecule has 84 valence electrons. The summed E-state index contributed by atoms with van der Waals surface area (Å²) in [5, 5.41) is 12.7. The number of aromatic nitrogens is 2. The van der Waals surface area contributed by atoms with E-state index >= 15 is 0 Å². The smallest absolute Gasteiger partial charge is 0.358 e. The zero-order chi connectivity index (χ0) is 11.6. The van der Waals surface area contributed by atoms with Crippen LogP contribution in [0.5, 0.6) is 0 Å². The third-order valence-corrected chi connectivity index (χ3v) is 2.04. The van der Waals surface area contributed by atoms with Crippen LogP contribution >= 0.6 is 0 Å². The lowest BCUT2D eigenvalue weighted by Gasteiger charge is -2.16. The van der Waals surface area contributed by atoms with E-state index in [-0.39, 0.29) is 17.4 Å². The van der Waals surface area contributed by atoms with Gasteiger partial charge in [-0.15, -0.1) is 0 Å². The standard InChI is InChI=1S/C9H16N4O2/c1-6(4-12(2)3)13-5-7(10)8(11-13)9(14)15/h5-6H,4,10H2,1-3H3,(H,14,15). The van der Waals surface area contributed by atoms with Gasteiger partial charge >= 0.3 is 5.97 Å². The molecule has 1 unspecified atom stereocenters. The molecule has 1 rings (SSSR count). The Morgan fingerprint density at radius 1 is 1.73 bits per heavy atom. The van der Waals surface area contributed by atoms with E-state index in [0.29, 0.717) is 0 Å². The maximum absolute atomic E-state index is 10.7. The predicted octanol–water partition coefficient (Wildman–Crippen LogP) is 0.286. The van der Waals surface area contributed by atoms with E-state index in [0.717, 1.165) is 6.54 Å². The SMILES string of the molecule is CC(CN(C)C)n1cc(N)c(C(=O)O)n1. The highest BCUT2D eigenvalue weighted by molar-refractivity contribution is 5.91. The summed E-state index contributed by atoms with van der Waals surface area (Å²) in [4.78, 5) is 12.7. The maximum Gasteiger partial charge on any atom is 0.358 e. The summed E-state index contributed by atoms with van der Waals surface area (Å²) in [6.45, 7) is 2.73. The highest BCUT2D eigenvalue weighted by atomic mass is 16.4. The van der Waals surface area contributed by atoms with Crippen molar-refractivity contribution in [3.05, 3.63) is 11.9 Å². The first-order valence-corrected chi connectivity index (χ1v) is 4.64. The van der Waals surface area contributed by atoms with Crippen LogP contribution in [0, 0.1) is 0 Å². The van der Waals surface area contributed by atoms with Gasteiger partial charge in [-0.05, 0) is 21.0 Å². The minimum absolute atomic E-state index is 0.0828. The summed E-state index contributed by atoms with van der Waals surface area (Å²) in [6.07, 6.45) is 1.55. The van der Waals surface area contributed by atoms with Gasteiger partial charge in [-0.2, -0.15) is 5.10 Å². The van der Waals surface area contributed by atoms with Crippen molar-refractivity contribution >= 4 is 11.7 Å². The molecule has 1 heterocycles. The number of hydrogen-bond donors (Lipinski definition) is 2. The Morgan fingerprint density at radius 2 is 2.33 bits per heavy atom. The normalized spacial score (nSPS) is 13.1. The number of likely N-dealkylation sites (N-methyl/N-ethyl adjacent to an activating group) is 1. The molecule has 0 aliphatic rings. The van der Waals surface area contributed by atoms with Gasteiger partial charge in [0, 0.05) is 12.7 Å². The summed E-state index contributed by atoms with van der Waals surface area (Å²) in [5.74, 6) is -1.09. The first kappa shape index (κ1) is 11.5. The molecule has 0 aliphatic carbocycles. The van der Waals surface area contributed by atoms with E-state index in [1.165, 1.54) is 0 Å². The number of rotatable bonds is 4. The zero-order valence-electron chi connectivity index (χ0n) is 9.14. The molecule has 0 saturated carbocycles. The monoisotopic (exact) mass is 212 g/mol. The number of carboxylic acids is 1. The number of nitrogen functional groups attached to an aromatic ring is 1. The third-order valence-electron chi connectivity index (χ3n) is 2.04. The Kier molecular flexibility index (Phi) is 3.31. The minimum Gasteiger partial charge on any atom is -0.476 e. The van der Waals surface area contributed by atoms with Crippen molar-refractivity contribution in [3.63, 3.8) is 0 Å². The van der Waals surface area contributed by atoms with Crippen molar-refractivity contribution in [1.29, 1.82) is 0 Å². The molecule has 1 aromatic heterocycles. The lowest BCUT2D eigenvalue weighted by atomic mass is 10.3. The molecule has 0 aromatic carbocycles. The second-order valence-corrected chi connectivity index (χ2v) is 3.83. The fraction of sp³-hybridized carbons (Fsp3) is 0.556. The fourth-order valence-electron chi connectivity index (χ4n) is 1.41. The van der Waals surface area contributed by atoms with Gasteiger partial charge in [0.15, 0.2) is 5.69 Å². The van der Waals surface area contributed by atoms with E-state index in [1.807, 2.05) is 25.9 Å². The fourth-order valence-corrected chi connectivity index (χ4v) is 1.41. The Hall–Kier alpha value is -1.56. The summed E-state index contributed by atoms with van der Waals surface area (Å²) in [7, 11) is 3.89. The molecule has 15 heavy (non-hydrogen) atoms. The first-order chi connectivity index (χ1) is 6.91. The topological polar surface area (TPSA) is 84.4 Å². The van der Waals surface area contributed by atoms with Crippen LogP contribution < -0.4 is 5.73 Å². The van der Waals surface area contributed by atoms with E-state index in [4.69, 9.17) is 10.8 Å². The van der Waals surface area contributed by atoms with E-state index in [1.54, 1.807) is 10.9 Å². The third kappa shape index (κ3) is 2.69. The summed E-state index contributed by atoms with van der Waals surface area (Å²) in [5.41, 5.74) is 5.65. The van der Waals surface area contributed by atoms with Gasteiger partial charge in [-0.25, -0.2) is 4.79 Å². The van der Waals surface area contributed by atoms with E-state index < -0.39 is 5.97 Å². The molecule has 1 aromatic rings. The number of nitrogens with zero attached hydrogens (tertiary/aromatic N) is 3. The van der Waals surface area contributed by atoms with Crippen LogP contribution in [0.15, 0.2) is 6.20 Å². The highest BCUT2D eigenvalue weighted by Gasteiger charge is 2.16. The van der Waals surface area contributed by atoms with Crippen LogP contribution in [-0.4, -0.2) is 46.4 Å². The molecule has 0 aliphatic heterocycles. The molecule has 3 N–H and O–H groups in total. The quantitative estimate of drug-likeness (QED) is 0.749. The van der Waals surface area contributed by atoms with Crippen molar-refractivity contribution in [3.8, 4) is 0 Å². The number of aromatic carboxylic acids is 1. The van der Waals surface area contributed by atoms with Crippen LogP contribution in [0.4, 0.5) is 5.69 Å². The van der Waals surface area contributed by atoms with Gasteiger partial charge in [-0.3, -0.25) is 4.68 Å². The lowest BCUT2D eigenvalue weighted by molar-refractivity contribution is 0.0690.